The first-order chi connectivity index (χ1) is 11.5. The number of benzene rings is 2. The largest absolute Gasteiger partial charge is 0.507 e. The predicted molar refractivity (Wildman–Crippen MR) is 102 cm³/mol. The molecule has 0 aliphatic rings. The third kappa shape index (κ3) is 3.27. The number of hydrogen-bond donors (Lipinski definition) is 1. The molecule has 0 saturated carbocycles. The van der Waals surface area contributed by atoms with Gasteiger partial charge in [0, 0.05) is 20.9 Å². The lowest BCUT2D eigenvalue weighted by atomic mass is 10.2. The normalized spacial score (nSPS) is 11.5. The molecule has 7 heteroatoms. The molecular weight excluding hydrogens is 438 g/mol. The van der Waals surface area contributed by atoms with Gasteiger partial charge in [0.05, 0.1) is 17.1 Å². The van der Waals surface area contributed by atoms with Crippen molar-refractivity contribution in [1.29, 1.82) is 0 Å². The lowest BCUT2D eigenvalue weighted by molar-refractivity contribution is 0.474. The lowest BCUT2D eigenvalue weighted by Gasteiger charge is -2.08. The van der Waals surface area contributed by atoms with Crippen LogP contribution < -0.4 is 5.56 Å². The highest BCUT2D eigenvalue weighted by atomic mass is 79.9. The summed E-state index contributed by atoms with van der Waals surface area (Å²) in [4.78, 5) is 17.3. The van der Waals surface area contributed by atoms with Crippen molar-refractivity contribution in [2.45, 2.75) is 13.3 Å². The summed E-state index contributed by atoms with van der Waals surface area (Å²) in [5.41, 5.74) is 0.897. The van der Waals surface area contributed by atoms with E-state index in [1.54, 1.807) is 30.3 Å². The minimum absolute atomic E-state index is 0.0875. The quantitative estimate of drug-likeness (QED) is 0.611. The second kappa shape index (κ2) is 6.86. The number of nitrogens with zero attached hydrogens (tertiary/aromatic N) is 3. The number of aryl methyl sites for hydroxylation is 1. The van der Waals surface area contributed by atoms with E-state index in [9.17, 15) is 9.90 Å². The second-order valence-corrected chi connectivity index (χ2v) is 6.94. The summed E-state index contributed by atoms with van der Waals surface area (Å²) in [5.74, 6) is 0.644. The van der Waals surface area contributed by atoms with Gasteiger partial charge in [0.15, 0.2) is 0 Å². The van der Waals surface area contributed by atoms with E-state index >= 15 is 0 Å². The third-order valence-electron chi connectivity index (χ3n) is 3.49. The van der Waals surface area contributed by atoms with E-state index in [4.69, 9.17) is 0 Å². The Bertz CT molecular complexity index is 1010. The molecule has 24 heavy (non-hydrogen) atoms. The summed E-state index contributed by atoms with van der Waals surface area (Å²) in [7, 11) is 0. The summed E-state index contributed by atoms with van der Waals surface area (Å²) >= 11 is 6.71. The van der Waals surface area contributed by atoms with Crippen molar-refractivity contribution in [3.8, 4) is 5.75 Å². The van der Waals surface area contributed by atoms with Crippen molar-refractivity contribution >= 4 is 49.0 Å². The molecule has 1 N–H and O–H groups in total. The molecule has 5 nitrogen and oxygen atoms in total. The third-order valence-corrected chi connectivity index (χ3v) is 4.48. The molecule has 2 aromatic carbocycles. The summed E-state index contributed by atoms with van der Waals surface area (Å²) in [6, 6.07) is 10.4. The van der Waals surface area contributed by atoms with Crippen LogP contribution in [-0.4, -0.2) is 21.0 Å². The standard InChI is InChI=1S/C17H13Br2N3O2/c1-2-16-21-14-5-3-12(19)8-13(14)17(24)22(16)20-9-10-7-11(18)4-6-15(10)23/h3-9,23H,2H2,1H3. The van der Waals surface area contributed by atoms with E-state index in [-0.39, 0.29) is 11.3 Å². The first-order valence-corrected chi connectivity index (χ1v) is 8.82. The molecule has 122 valence electrons. The van der Waals surface area contributed by atoms with E-state index in [1.807, 2.05) is 13.0 Å². The van der Waals surface area contributed by atoms with Crippen LogP contribution in [0.25, 0.3) is 10.9 Å². The number of aromatic hydroxyl groups is 1. The topological polar surface area (TPSA) is 67.5 Å². The molecule has 1 heterocycles. The van der Waals surface area contributed by atoms with Gasteiger partial charge < -0.3 is 5.11 Å². The molecule has 0 fully saturated rings. The second-order valence-electron chi connectivity index (χ2n) is 5.11. The van der Waals surface area contributed by atoms with Gasteiger partial charge in [0.1, 0.15) is 11.6 Å². The van der Waals surface area contributed by atoms with Gasteiger partial charge >= 0.3 is 0 Å². The van der Waals surface area contributed by atoms with E-state index in [0.717, 1.165) is 8.95 Å². The molecule has 0 unspecified atom stereocenters. The zero-order chi connectivity index (χ0) is 17.3. The Balaban J connectivity index is 2.18. The van der Waals surface area contributed by atoms with Crippen molar-refractivity contribution < 1.29 is 5.11 Å². The minimum Gasteiger partial charge on any atom is -0.507 e. The van der Waals surface area contributed by atoms with Crippen LogP contribution in [0.3, 0.4) is 0 Å². The van der Waals surface area contributed by atoms with Gasteiger partial charge in [-0.3, -0.25) is 4.79 Å². The Morgan fingerprint density at radius 3 is 2.67 bits per heavy atom. The molecule has 0 spiro atoms. The Hall–Kier alpha value is -1.99. The molecule has 0 atom stereocenters. The van der Waals surface area contributed by atoms with E-state index in [1.165, 1.54) is 10.9 Å². The molecule has 1 aromatic heterocycles. The molecule has 3 aromatic rings. The van der Waals surface area contributed by atoms with Crippen LogP contribution in [0.5, 0.6) is 5.75 Å². The van der Waals surface area contributed by atoms with Crippen LogP contribution in [0.15, 0.2) is 55.2 Å². The van der Waals surface area contributed by atoms with Gasteiger partial charge in [-0.2, -0.15) is 9.78 Å². The molecule has 0 radical (unpaired) electrons. The van der Waals surface area contributed by atoms with Gasteiger partial charge in [-0.25, -0.2) is 4.98 Å². The lowest BCUT2D eigenvalue weighted by Crippen LogP contribution is -2.22. The number of rotatable bonds is 3. The SMILES string of the molecule is CCc1nc2ccc(Br)cc2c(=O)n1N=Cc1cc(Br)ccc1O. The molecule has 3 rings (SSSR count). The maximum absolute atomic E-state index is 12.8. The van der Waals surface area contributed by atoms with E-state index in [0.29, 0.717) is 28.7 Å². The summed E-state index contributed by atoms with van der Waals surface area (Å²) in [6.07, 6.45) is 2.01. The van der Waals surface area contributed by atoms with Crippen LogP contribution in [-0.2, 0) is 6.42 Å². The fraction of sp³-hybridized carbons (Fsp3) is 0.118. The Labute approximate surface area is 154 Å². The highest BCUT2D eigenvalue weighted by Gasteiger charge is 2.10. The van der Waals surface area contributed by atoms with Crippen LogP contribution in [0, 0.1) is 0 Å². The van der Waals surface area contributed by atoms with Crippen LogP contribution in [0.1, 0.15) is 18.3 Å². The fourth-order valence-electron chi connectivity index (χ4n) is 2.29. The van der Waals surface area contributed by atoms with E-state index in [2.05, 4.69) is 41.9 Å². The van der Waals surface area contributed by atoms with Gasteiger partial charge in [-0.15, -0.1) is 0 Å². The number of hydrogen-bond acceptors (Lipinski definition) is 4. The maximum atomic E-state index is 12.8. The van der Waals surface area contributed by atoms with Crippen molar-refractivity contribution in [2.75, 3.05) is 0 Å². The van der Waals surface area contributed by atoms with Gasteiger partial charge in [-0.1, -0.05) is 38.8 Å². The summed E-state index contributed by atoms with van der Waals surface area (Å²) in [5, 5.41) is 14.6. The number of aromatic nitrogens is 2. The Kier molecular flexibility index (Phi) is 4.82. The molecule has 0 saturated heterocycles. The molecule has 0 amide bonds. The minimum atomic E-state index is -0.246. The fourth-order valence-corrected chi connectivity index (χ4v) is 3.03. The summed E-state index contributed by atoms with van der Waals surface area (Å²) < 4.78 is 2.89. The predicted octanol–water partition coefficient (Wildman–Crippen LogP) is 4.07. The van der Waals surface area contributed by atoms with Crippen molar-refractivity contribution in [3.05, 3.63) is 67.1 Å². The van der Waals surface area contributed by atoms with Crippen LogP contribution in [0.2, 0.25) is 0 Å². The van der Waals surface area contributed by atoms with Crippen molar-refractivity contribution in [2.24, 2.45) is 5.10 Å². The zero-order valence-corrected chi connectivity index (χ0v) is 15.9. The van der Waals surface area contributed by atoms with Crippen LogP contribution >= 0.6 is 31.9 Å². The monoisotopic (exact) mass is 449 g/mol. The summed E-state index contributed by atoms with van der Waals surface area (Å²) in [6.45, 7) is 1.91. The molecule has 0 aliphatic carbocycles. The smallest absolute Gasteiger partial charge is 0.282 e. The Morgan fingerprint density at radius 1 is 1.21 bits per heavy atom. The van der Waals surface area contributed by atoms with Crippen molar-refractivity contribution in [3.63, 3.8) is 0 Å². The Morgan fingerprint density at radius 2 is 1.92 bits per heavy atom. The first-order valence-electron chi connectivity index (χ1n) is 7.23. The first kappa shape index (κ1) is 16.9. The molecule has 0 bridgehead atoms. The highest BCUT2D eigenvalue weighted by Crippen LogP contribution is 2.20. The zero-order valence-electron chi connectivity index (χ0n) is 12.7. The van der Waals surface area contributed by atoms with Crippen LogP contribution in [0.4, 0.5) is 0 Å². The maximum Gasteiger partial charge on any atom is 0.282 e. The van der Waals surface area contributed by atoms with Gasteiger partial charge in [0.2, 0.25) is 0 Å². The number of phenols is 1. The van der Waals surface area contributed by atoms with Gasteiger partial charge in [-0.05, 0) is 36.4 Å². The average molecular weight is 451 g/mol. The number of phenolic OH excluding ortho intramolecular Hbond substituents is 1. The number of halogens is 2. The highest BCUT2D eigenvalue weighted by molar-refractivity contribution is 9.10. The number of fused-ring (bicyclic) bond motifs is 1. The van der Waals surface area contributed by atoms with Crippen molar-refractivity contribution in [1.82, 2.24) is 9.66 Å². The molecular formula is C17H13Br2N3O2. The average Bonchev–Trinajstić information content (AvgIpc) is 2.57. The molecule has 0 aliphatic heterocycles. The van der Waals surface area contributed by atoms with E-state index < -0.39 is 0 Å². The van der Waals surface area contributed by atoms with Gasteiger partial charge in [0.25, 0.3) is 5.56 Å².